The molecule has 86 valence electrons. The number of ketones is 1. The van der Waals surface area contributed by atoms with E-state index in [-0.39, 0.29) is 18.3 Å². The molecule has 0 unspecified atom stereocenters. The molecule has 0 aliphatic carbocycles. The maximum absolute atomic E-state index is 11.7. The fourth-order valence-corrected chi connectivity index (χ4v) is 1.36. The lowest BCUT2D eigenvalue weighted by atomic mass is 10.0. The van der Waals surface area contributed by atoms with Gasteiger partial charge in [-0.25, -0.2) is 0 Å². The van der Waals surface area contributed by atoms with Crippen molar-refractivity contribution in [1.29, 1.82) is 0 Å². The standard InChI is InChI=1S/C12H15NO3/c1-9(15)10-5-2-3-6-11(10)12(16)13-7-4-8-14/h2-3,5-6,14H,4,7-8H2,1H3,(H,13,16). The first-order valence-electron chi connectivity index (χ1n) is 5.16. The van der Waals surface area contributed by atoms with Gasteiger partial charge in [0, 0.05) is 18.7 Å². The van der Waals surface area contributed by atoms with Crippen LogP contribution in [0.3, 0.4) is 0 Å². The van der Waals surface area contributed by atoms with Crippen LogP contribution in [0.1, 0.15) is 34.1 Å². The fraction of sp³-hybridized carbons (Fsp3) is 0.333. The van der Waals surface area contributed by atoms with E-state index in [4.69, 9.17) is 5.11 Å². The van der Waals surface area contributed by atoms with Crippen molar-refractivity contribution in [2.45, 2.75) is 13.3 Å². The lowest BCUT2D eigenvalue weighted by Gasteiger charge is -2.07. The van der Waals surface area contributed by atoms with Crippen molar-refractivity contribution in [2.75, 3.05) is 13.2 Å². The molecular weight excluding hydrogens is 206 g/mol. The number of aliphatic hydroxyl groups excluding tert-OH is 1. The van der Waals surface area contributed by atoms with Gasteiger partial charge in [0.25, 0.3) is 5.91 Å². The van der Waals surface area contributed by atoms with Gasteiger partial charge in [-0.05, 0) is 19.4 Å². The van der Waals surface area contributed by atoms with Gasteiger partial charge in [-0.2, -0.15) is 0 Å². The van der Waals surface area contributed by atoms with Crippen LogP contribution in [0.4, 0.5) is 0 Å². The summed E-state index contributed by atoms with van der Waals surface area (Å²) >= 11 is 0. The van der Waals surface area contributed by atoms with Crippen LogP contribution in [-0.2, 0) is 0 Å². The molecule has 0 saturated carbocycles. The third-order valence-electron chi connectivity index (χ3n) is 2.17. The lowest BCUT2D eigenvalue weighted by Crippen LogP contribution is -2.26. The number of aliphatic hydroxyl groups is 1. The molecule has 0 fully saturated rings. The first-order valence-corrected chi connectivity index (χ1v) is 5.16. The maximum atomic E-state index is 11.7. The van der Waals surface area contributed by atoms with Crippen molar-refractivity contribution in [1.82, 2.24) is 5.32 Å². The van der Waals surface area contributed by atoms with Gasteiger partial charge < -0.3 is 10.4 Å². The highest BCUT2D eigenvalue weighted by Crippen LogP contribution is 2.09. The molecule has 1 aromatic carbocycles. The average molecular weight is 221 g/mol. The molecule has 4 nitrogen and oxygen atoms in total. The number of hydrogen-bond acceptors (Lipinski definition) is 3. The molecule has 0 saturated heterocycles. The summed E-state index contributed by atoms with van der Waals surface area (Å²) in [6, 6.07) is 6.68. The van der Waals surface area contributed by atoms with Crippen LogP contribution in [0.15, 0.2) is 24.3 Å². The van der Waals surface area contributed by atoms with Crippen molar-refractivity contribution in [3.8, 4) is 0 Å². The highest BCUT2D eigenvalue weighted by atomic mass is 16.3. The highest BCUT2D eigenvalue weighted by molar-refractivity contribution is 6.07. The normalized spacial score (nSPS) is 9.88. The molecule has 1 aromatic rings. The van der Waals surface area contributed by atoms with Gasteiger partial charge in [0.2, 0.25) is 0 Å². The Kier molecular flexibility index (Phi) is 4.66. The van der Waals surface area contributed by atoms with Gasteiger partial charge in [-0.3, -0.25) is 9.59 Å². The summed E-state index contributed by atoms with van der Waals surface area (Å²) in [6.07, 6.45) is 0.508. The number of carbonyl (C=O) groups is 2. The first-order chi connectivity index (χ1) is 7.66. The maximum Gasteiger partial charge on any atom is 0.252 e. The number of nitrogens with one attached hydrogen (secondary N) is 1. The molecule has 2 N–H and O–H groups in total. The number of hydrogen-bond donors (Lipinski definition) is 2. The Morgan fingerprint density at radius 3 is 2.44 bits per heavy atom. The molecular formula is C12H15NO3. The van der Waals surface area contributed by atoms with Crippen molar-refractivity contribution in [2.24, 2.45) is 0 Å². The minimum atomic E-state index is -0.278. The molecule has 0 aliphatic rings. The predicted molar refractivity (Wildman–Crippen MR) is 60.5 cm³/mol. The second-order valence-corrected chi connectivity index (χ2v) is 3.43. The third kappa shape index (κ3) is 3.17. The number of rotatable bonds is 5. The van der Waals surface area contributed by atoms with Crippen LogP contribution in [0.25, 0.3) is 0 Å². The Morgan fingerprint density at radius 2 is 1.88 bits per heavy atom. The van der Waals surface area contributed by atoms with Crippen LogP contribution in [-0.4, -0.2) is 29.9 Å². The van der Waals surface area contributed by atoms with Crippen molar-refractivity contribution in [3.63, 3.8) is 0 Å². The SMILES string of the molecule is CC(=O)c1ccccc1C(=O)NCCCO. The van der Waals surface area contributed by atoms with E-state index >= 15 is 0 Å². The Hall–Kier alpha value is -1.68. The zero-order valence-electron chi connectivity index (χ0n) is 9.19. The molecule has 1 amide bonds. The molecule has 0 spiro atoms. The Bertz CT molecular complexity index is 388. The first kappa shape index (κ1) is 12.4. The Labute approximate surface area is 94.3 Å². The van der Waals surface area contributed by atoms with E-state index < -0.39 is 0 Å². The molecule has 0 radical (unpaired) electrons. The lowest BCUT2D eigenvalue weighted by molar-refractivity contribution is 0.0936. The van der Waals surface area contributed by atoms with E-state index in [1.807, 2.05) is 0 Å². The summed E-state index contributed by atoms with van der Waals surface area (Å²) in [4.78, 5) is 23.0. The summed E-state index contributed by atoms with van der Waals surface area (Å²) in [7, 11) is 0. The Morgan fingerprint density at radius 1 is 1.25 bits per heavy atom. The van der Waals surface area contributed by atoms with E-state index in [0.717, 1.165) is 0 Å². The monoisotopic (exact) mass is 221 g/mol. The second kappa shape index (κ2) is 6.02. The smallest absolute Gasteiger partial charge is 0.252 e. The van der Waals surface area contributed by atoms with Crippen molar-refractivity contribution in [3.05, 3.63) is 35.4 Å². The van der Waals surface area contributed by atoms with Crippen LogP contribution < -0.4 is 5.32 Å². The van der Waals surface area contributed by atoms with E-state index in [0.29, 0.717) is 24.1 Å². The summed E-state index contributed by atoms with van der Waals surface area (Å²) in [5, 5.41) is 11.2. The number of amides is 1. The van der Waals surface area contributed by atoms with E-state index in [9.17, 15) is 9.59 Å². The summed E-state index contributed by atoms with van der Waals surface area (Å²) in [5.74, 6) is -0.410. The highest BCUT2D eigenvalue weighted by Gasteiger charge is 2.12. The molecule has 0 aliphatic heterocycles. The average Bonchev–Trinajstić information content (AvgIpc) is 2.29. The Balaban J connectivity index is 2.78. The minimum absolute atomic E-state index is 0.0363. The van der Waals surface area contributed by atoms with Crippen LogP contribution in [0.2, 0.25) is 0 Å². The largest absolute Gasteiger partial charge is 0.396 e. The van der Waals surface area contributed by atoms with E-state index in [1.165, 1.54) is 6.92 Å². The molecule has 4 heteroatoms. The summed E-state index contributed by atoms with van der Waals surface area (Å²) in [5.41, 5.74) is 0.803. The van der Waals surface area contributed by atoms with Gasteiger partial charge in [0.15, 0.2) is 5.78 Å². The fourth-order valence-electron chi connectivity index (χ4n) is 1.36. The van der Waals surface area contributed by atoms with Gasteiger partial charge in [0.05, 0.1) is 5.56 Å². The zero-order chi connectivity index (χ0) is 12.0. The molecule has 0 aromatic heterocycles. The number of Topliss-reactive ketones (excluding diaryl/α,β-unsaturated/α-hetero) is 1. The quantitative estimate of drug-likeness (QED) is 0.576. The van der Waals surface area contributed by atoms with E-state index in [2.05, 4.69) is 5.32 Å². The molecule has 0 atom stereocenters. The number of carbonyl (C=O) groups excluding carboxylic acids is 2. The van der Waals surface area contributed by atoms with Gasteiger partial charge in [-0.15, -0.1) is 0 Å². The third-order valence-corrected chi connectivity index (χ3v) is 2.17. The molecule has 1 rings (SSSR count). The van der Waals surface area contributed by atoms with E-state index in [1.54, 1.807) is 24.3 Å². The van der Waals surface area contributed by atoms with Crippen LogP contribution >= 0.6 is 0 Å². The molecule has 0 bridgehead atoms. The number of benzene rings is 1. The zero-order valence-corrected chi connectivity index (χ0v) is 9.19. The minimum Gasteiger partial charge on any atom is -0.396 e. The summed E-state index contributed by atoms with van der Waals surface area (Å²) < 4.78 is 0. The molecule has 0 heterocycles. The van der Waals surface area contributed by atoms with Crippen LogP contribution in [0.5, 0.6) is 0 Å². The second-order valence-electron chi connectivity index (χ2n) is 3.43. The van der Waals surface area contributed by atoms with Gasteiger partial charge in [-0.1, -0.05) is 18.2 Å². The van der Waals surface area contributed by atoms with Crippen LogP contribution in [0, 0.1) is 0 Å². The summed E-state index contributed by atoms with van der Waals surface area (Å²) in [6.45, 7) is 1.87. The van der Waals surface area contributed by atoms with Gasteiger partial charge in [0.1, 0.15) is 0 Å². The van der Waals surface area contributed by atoms with Crippen molar-refractivity contribution < 1.29 is 14.7 Å². The van der Waals surface area contributed by atoms with Gasteiger partial charge >= 0.3 is 0 Å². The predicted octanol–water partition coefficient (Wildman–Crippen LogP) is 1.00. The van der Waals surface area contributed by atoms with Crippen molar-refractivity contribution >= 4 is 11.7 Å². The molecule has 16 heavy (non-hydrogen) atoms. The topological polar surface area (TPSA) is 66.4 Å².